The summed E-state index contributed by atoms with van der Waals surface area (Å²) in [5, 5.41) is 12.7. The molecule has 0 aromatic rings. The average molecular weight is 844 g/mol. The van der Waals surface area contributed by atoms with E-state index in [-0.39, 0.29) is 32.1 Å². The van der Waals surface area contributed by atoms with E-state index in [0.717, 1.165) is 96.3 Å². The number of amides is 1. The summed E-state index contributed by atoms with van der Waals surface area (Å²) < 4.78 is 26.9. The van der Waals surface area contributed by atoms with Gasteiger partial charge in [-0.15, -0.1) is 0 Å². The highest BCUT2D eigenvalue weighted by atomic mass is 31.2. The summed E-state index contributed by atoms with van der Waals surface area (Å²) in [5.41, 5.74) is 0. The fourth-order valence-electron chi connectivity index (χ4n) is 5.59. The zero-order valence-electron chi connectivity index (χ0n) is 36.9. The van der Waals surface area contributed by atoms with Crippen molar-refractivity contribution in [2.75, 3.05) is 26.4 Å². The molecule has 0 bridgehead atoms. The van der Waals surface area contributed by atoms with Crippen LogP contribution in [0.1, 0.15) is 168 Å². The van der Waals surface area contributed by atoms with Crippen LogP contribution >= 0.6 is 7.82 Å². The van der Waals surface area contributed by atoms with E-state index in [4.69, 9.17) is 13.8 Å². The Balaban J connectivity index is 3.71. The Morgan fingerprint density at radius 2 is 0.966 bits per heavy atom. The van der Waals surface area contributed by atoms with Gasteiger partial charge >= 0.3 is 13.8 Å². The van der Waals surface area contributed by atoms with Crippen LogP contribution in [0.2, 0.25) is 0 Å². The summed E-state index contributed by atoms with van der Waals surface area (Å²) in [6, 6.07) is 0. The number of hydrogen-bond acceptors (Lipinski definition) is 7. The van der Waals surface area contributed by atoms with Crippen LogP contribution in [0.5, 0.6) is 0 Å². The molecule has 10 heteroatoms. The van der Waals surface area contributed by atoms with Gasteiger partial charge in [0.1, 0.15) is 12.7 Å². The van der Waals surface area contributed by atoms with Crippen LogP contribution in [0.3, 0.4) is 0 Å². The number of aliphatic hydroxyl groups excluding tert-OH is 1. The van der Waals surface area contributed by atoms with E-state index in [0.29, 0.717) is 6.42 Å². The van der Waals surface area contributed by atoms with Crippen LogP contribution in [0.15, 0.2) is 97.2 Å². The maximum absolute atomic E-state index is 12.1. The van der Waals surface area contributed by atoms with Crippen molar-refractivity contribution in [2.24, 2.45) is 0 Å². The molecular weight excluding hydrogens is 762 g/mol. The van der Waals surface area contributed by atoms with Gasteiger partial charge in [0, 0.05) is 19.4 Å². The molecule has 336 valence electrons. The number of hydrogen-bond donors (Lipinski definition) is 3. The molecule has 0 saturated carbocycles. The van der Waals surface area contributed by atoms with Crippen LogP contribution < -0.4 is 5.32 Å². The Morgan fingerprint density at radius 3 is 1.47 bits per heavy atom. The van der Waals surface area contributed by atoms with Crippen molar-refractivity contribution in [3.05, 3.63) is 97.2 Å². The van der Waals surface area contributed by atoms with E-state index in [9.17, 15) is 24.2 Å². The second-order valence-corrected chi connectivity index (χ2v) is 16.1. The average Bonchev–Trinajstić information content (AvgIpc) is 3.22. The monoisotopic (exact) mass is 844 g/mol. The first-order chi connectivity index (χ1) is 28.8. The van der Waals surface area contributed by atoms with Gasteiger partial charge in [0.2, 0.25) is 5.91 Å². The molecule has 9 nitrogen and oxygen atoms in total. The lowest BCUT2D eigenvalue weighted by Crippen LogP contribution is -2.27. The number of unbranched alkanes of at least 4 members (excludes halogenated alkanes) is 12. The minimum absolute atomic E-state index is 0.0508. The number of phosphoric ester groups is 1. The molecule has 0 aliphatic rings. The summed E-state index contributed by atoms with van der Waals surface area (Å²) >= 11 is 0. The van der Waals surface area contributed by atoms with Crippen LogP contribution in [0.25, 0.3) is 0 Å². The van der Waals surface area contributed by atoms with Gasteiger partial charge in [-0.1, -0.05) is 156 Å². The Morgan fingerprint density at radius 1 is 0.542 bits per heavy atom. The van der Waals surface area contributed by atoms with E-state index < -0.39 is 26.5 Å². The third kappa shape index (κ3) is 45.9. The third-order valence-corrected chi connectivity index (χ3v) is 9.98. The van der Waals surface area contributed by atoms with Gasteiger partial charge in [0.15, 0.2) is 0 Å². The van der Waals surface area contributed by atoms with Gasteiger partial charge in [0.05, 0.1) is 13.2 Å². The van der Waals surface area contributed by atoms with Crippen molar-refractivity contribution in [3.63, 3.8) is 0 Å². The number of allylic oxidation sites excluding steroid dienone is 16. The molecule has 0 rings (SSSR count). The first-order valence-electron chi connectivity index (χ1n) is 22.7. The highest BCUT2D eigenvalue weighted by Crippen LogP contribution is 2.42. The Bertz CT molecular complexity index is 1280. The molecule has 0 radical (unpaired) electrons. The van der Waals surface area contributed by atoms with Crippen LogP contribution in [0, 0.1) is 0 Å². The van der Waals surface area contributed by atoms with Crippen molar-refractivity contribution in [1.82, 2.24) is 5.32 Å². The third-order valence-electron chi connectivity index (χ3n) is 9.00. The summed E-state index contributed by atoms with van der Waals surface area (Å²) in [6.07, 6.45) is 57.6. The Kier molecular flexibility index (Phi) is 42.2. The molecule has 0 heterocycles. The largest absolute Gasteiger partial charge is 0.472 e. The highest BCUT2D eigenvalue weighted by molar-refractivity contribution is 7.47. The molecule has 0 aromatic heterocycles. The first-order valence-corrected chi connectivity index (χ1v) is 24.2. The first kappa shape index (κ1) is 55.9. The number of rotatable bonds is 41. The second-order valence-electron chi connectivity index (χ2n) is 14.6. The molecular formula is C49H82NO8P. The Hall–Kier alpha value is -3.07. The molecule has 0 fully saturated rings. The molecule has 1 amide bonds. The number of carbonyl (C=O) groups excluding carboxylic acids is 2. The van der Waals surface area contributed by atoms with Crippen LogP contribution in [0.4, 0.5) is 0 Å². The second kappa shape index (κ2) is 44.5. The molecule has 0 spiro atoms. The predicted octanol–water partition coefficient (Wildman–Crippen LogP) is 13.0. The number of nitrogens with one attached hydrogen (secondary N) is 1. The fourth-order valence-corrected chi connectivity index (χ4v) is 6.35. The van der Waals surface area contributed by atoms with Crippen molar-refractivity contribution in [2.45, 2.75) is 174 Å². The zero-order valence-corrected chi connectivity index (χ0v) is 37.8. The molecule has 0 aliphatic heterocycles. The maximum atomic E-state index is 12.1. The quantitative estimate of drug-likeness (QED) is 0.0240. The van der Waals surface area contributed by atoms with Gasteiger partial charge < -0.3 is 20.1 Å². The van der Waals surface area contributed by atoms with E-state index >= 15 is 0 Å². The summed E-state index contributed by atoms with van der Waals surface area (Å²) in [7, 11) is -4.44. The van der Waals surface area contributed by atoms with Crippen molar-refractivity contribution < 1.29 is 37.9 Å². The van der Waals surface area contributed by atoms with Gasteiger partial charge in [-0.2, -0.15) is 0 Å². The maximum Gasteiger partial charge on any atom is 0.472 e. The number of carbonyl (C=O) groups is 2. The molecule has 2 unspecified atom stereocenters. The lowest BCUT2D eigenvalue weighted by Gasteiger charge is -2.15. The minimum Gasteiger partial charge on any atom is -0.463 e. The number of esters is 1. The Labute approximate surface area is 359 Å². The van der Waals surface area contributed by atoms with Gasteiger partial charge in [-0.05, 0) is 96.3 Å². The fraction of sp³-hybridized carbons (Fsp3) is 0.633. The number of ether oxygens (including phenoxy) is 1. The van der Waals surface area contributed by atoms with Gasteiger partial charge in [-0.25, -0.2) is 4.57 Å². The lowest BCUT2D eigenvalue weighted by atomic mass is 10.1. The molecule has 0 aromatic carbocycles. The van der Waals surface area contributed by atoms with E-state index in [2.05, 4.69) is 116 Å². The SMILES string of the molecule is CC/C=C\C/C=C\C/C=C\C/C=C\C/C=C\C/C=C\CCCCC(=O)NCCOP(=O)(O)OCC(O)COC(=O)CCCCCCCCC/C=C\C/C=C\CCCCC. The van der Waals surface area contributed by atoms with E-state index in [1.807, 2.05) is 0 Å². The van der Waals surface area contributed by atoms with E-state index in [1.54, 1.807) is 0 Å². The standard InChI is InChI=1S/C49H82NO8P/c1-3-5-7-9-11-13-15-17-19-21-22-23-24-26-27-29-31-33-35-37-39-41-48(52)50-43-44-57-59(54,55)58-46-47(51)45-56-49(53)42-40-38-36-34-32-30-28-25-20-18-16-14-12-10-8-6-4-2/h5,7,11-14,17-20,22-23,26-27,31,33,47,51H,3-4,6,8-10,15-16,21,24-25,28-30,32,34-46H2,1-2H3,(H,50,52)(H,54,55)/b7-5-,13-11-,14-12-,19-17-,20-18-,23-22-,27-26-,33-31-. The van der Waals surface area contributed by atoms with Crippen molar-refractivity contribution in [3.8, 4) is 0 Å². The zero-order chi connectivity index (χ0) is 43.2. The van der Waals surface area contributed by atoms with Gasteiger partial charge in [0.25, 0.3) is 0 Å². The summed E-state index contributed by atoms with van der Waals surface area (Å²) in [6.45, 7) is 3.33. The molecule has 0 aliphatic carbocycles. The van der Waals surface area contributed by atoms with Crippen molar-refractivity contribution in [1.29, 1.82) is 0 Å². The lowest BCUT2D eigenvalue weighted by molar-refractivity contribution is -0.147. The highest BCUT2D eigenvalue weighted by Gasteiger charge is 2.23. The summed E-state index contributed by atoms with van der Waals surface area (Å²) in [5.74, 6) is -0.576. The summed E-state index contributed by atoms with van der Waals surface area (Å²) in [4.78, 5) is 34.0. The van der Waals surface area contributed by atoms with Crippen LogP contribution in [-0.4, -0.2) is 54.3 Å². The topological polar surface area (TPSA) is 131 Å². The van der Waals surface area contributed by atoms with E-state index in [1.165, 1.54) is 44.9 Å². The van der Waals surface area contributed by atoms with Crippen molar-refractivity contribution >= 4 is 19.7 Å². The molecule has 59 heavy (non-hydrogen) atoms. The van der Waals surface area contributed by atoms with Gasteiger partial charge in [-0.3, -0.25) is 18.6 Å². The number of phosphoric acid groups is 1. The molecule has 3 N–H and O–H groups in total. The predicted molar refractivity (Wildman–Crippen MR) is 247 cm³/mol. The molecule has 2 atom stereocenters. The molecule has 0 saturated heterocycles. The minimum atomic E-state index is -4.44. The number of aliphatic hydroxyl groups is 1. The normalized spacial score (nSPS) is 14.2. The smallest absolute Gasteiger partial charge is 0.463 e. The van der Waals surface area contributed by atoms with Crippen LogP contribution in [-0.2, 0) is 27.9 Å².